The number of halogens is 4. The zero-order valence-corrected chi connectivity index (χ0v) is 14.2. The van der Waals surface area contributed by atoms with Crippen LogP contribution in [-0.4, -0.2) is 18.1 Å². The monoisotopic (exact) mass is 373 g/mol. The highest BCUT2D eigenvalue weighted by atomic mass is 35.5. The van der Waals surface area contributed by atoms with Gasteiger partial charge in [0.1, 0.15) is 18.1 Å². The van der Waals surface area contributed by atoms with Gasteiger partial charge in [-0.1, -0.05) is 18.5 Å². The van der Waals surface area contributed by atoms with Gasteiger partial charge in [-0.3, -0.25) is 0 Å². The third-order valence-corrected chi connectivity index (χ3v) is 3.67. The van der Waals surface area contributed by atoms with Crippen LogP contribution < -0.4 is 4.74 Å². The molecule has 4 nitrogen and oxygen atoms in total. The third kappa shape index (κ3) is 4.85. The Morgan fingerprint density at radius 2 is 1.96 bits per heavy atom. The molecule has 0 fully saturated rings. The second-order valence-corrected chi connectivity index (χ2v) is 5.54. The van der Waals surface area contributed by atoms with Crippen LogP contribution in [0.2, 0.25) is 5.02 Å². The van der Waals surface area contributed by atoms with Gasteiger partial charge in [0.15, 0.2) is 0 Å². The number of aryl methyl sites for hydroxylation is 1. The summed E-state index contributed by atoms with van der Waals surface area (Å²) < 4.78 is 48.0. The number of ether oxygens (including phenoxy) is 2. The summed E-state index contributed by atoms with van der Waals surface area (Å²) >= 11 is 5.84. The first-order valence-electron chi connectivity index (χ1n) is 7.32. The lowest BCUT2D eigenvalue weighted by atomic mass is 10.1. The van der Waals surface area contributed by atoms with Crippen molar-refractivity contribution in [1.29, 1.82) is 0 Å². The number of rotatable bonds is 5. The van der Waals surface area contributed by atoms with Gasteiger partial charge >= 0.3 is 12.1 Å². The fourth-order valence-electron chi connectivity index (χ4n) is 2.08. The van der Waals surface area contributed by atoms with E-state index in [1.165, 1.54) is 7.11 Å². The molecule has 134 valence electrons. The highest BCUT2D eigenvalue weighted by Gasteiger charge is 2.31. The molecule has 0 atom stereocenters. The van der Waals surface area contributed by atoms with Crippen molar-refractivity contribution in [3.05, 3.63) is 57.9 Å². The van der Waals surface area contributed by atoms with E-state index in [4.69, 9.17) is 16.3 Å². The van der Waals surface area contributed by atoms with Gasteiger partial charge in [-0.25, -0.2) is 9.78 Å². The molecule has 0 spiro atoms. The Kier molecular flexibility index (Phi) is 5.89. The molecule has 0 amide bonds. The largest absolute Gasteiger partial charge is 0.486 e. The van der Waals surface area contributed by atoms with Crippen molar-refractivity contribution in [2.24, 2.45) is 0 Å². The molecule has 1 aromatic carbocycles. The second-order valence-electron chi connectivity index (χ2n) is 5.13. The standard InChI is InChI=1S/C17H15ClF3NO3/c1-3-10-6-12(22-14(7-10)16(23)24-2)9-25-15-5-4-11(8-13(15)18)17(19,20)21/h4-8H,3,9H2,1-2H3. The maximum Gasteiger partial charge on any atom is 0.416 e. The molecule has 2 rings (SSSR count). The van der Waals surface area contributed by atoms with Crippen LogP contribution >= 0.6 is 11.6 Å². The maximum absolute atomic E-state index is 12.6. The van der Waals surface area contributed by atoms with Gasteiger partial charge in [-0.2, -0.15) is 13.2 Å². The van der Waals surface area contributed by atoms with Gasteiger partial charge in [-0.15, -0.1) is 0 Å². The Hall–Kier alpha value is -2.28. The van der Waals surface area contributed by atoms with E-state index in [0.29, 0.717) is 12.1 Å². The zero-order chi connectivity index (χ0) is 18.6. The molecule has 2 aromatic rings. The predicted octanol–water partition coefficient (Wildman–Crippen LogP) is 4.68. The topological polar surface area (TPSA) is 48.4 Å². The molecule has 0 aliphatic rings. The normalized spacial score (nSPS) is 11.3. The molecule has 1 heterocycles. The molecule has 0 N–H and O–H groups in total. The second kappa shape index (κ2) is 7.74. The van der Waals surface area contributed by atoms with Crippen LogP contribution in [0.25, 0.3) is 0 Å². The minimum absolute atomic E-state index is 0.0527. The lowest BCUT2D eigenvalue weighted by Gasteiger charge is -2.12. The van der Waals surface area contributed by atoms with E-state index in [2.05, 4.69) is 9.72 Å². The maximum atomic E-state index is 12.6. The van der Waals surface area contributed by atoms with Crippen LogP contribution in [0.3, 0.4) is 0 Å². The van der Waals surface area contributed by atoms with Crippen molar-refractivity contribution in [1.82, 2.24) is 4.98 Å². The molecule has 0 unspecified atom stereocenters. The van der Waals surface area contributed by atoms with Gasteiger partial charge < -0.3 is 9.47 Å². The molecule has 0 aliphatic heterocycles. The minimum atomic E-state index is -4.48. The van der Waals surface area contributed by atoms with Crippen molar-refractivity contribution < 1.29 is 27.4 Å². The average Bonchev–Trinajstić information content (AvgIpc) is 2.58. The van der Waals surface area contributed by atoms with E-state index >= 15 is 0 Å². The van der Waals surface area contributed by atoms with E-state index in [-0.39, 0.29) is 23.1 Å². The Labute approximate surface area is 147 Å². The molecule has 25 heavy (non-hydrogen) atoms. The summed E-state index contributed by atoms with van der Waals surface area (Å²) in [6.07, 6.45) is -3.81. The first-order chi connectivity index (χ1) is 11.7. The van der Waals surface area contributed by atoms with E-state index in [1.54, 1.807) is 12.1 Å². The molecule has 0 aliphatic carbocycles. The summed E-state index contributed by atoms with van der Waals surface area (Å²) in [6, 6.07) is 6.19. The number of esters is 1. The van der Waals surface area contributed by atoms with Crippen molar-refractivity contribution in [2.45, 2.75) is 26.1 Å². The summed E-state index contributed by atoms with van der Waals surface area (Å²) in [6.45, 7) is 1.86. The van der Waals surface area contributed by atoms with Crippen molar-refractivity contribution in [3.8, 4) is 5.75 Å². The van der Waals surface area contributed by atoms with Crippen LogP contribution in [0.15, 0.2) is 30.3 Å². The average molecular weight is 374 g/mol. The number of benzene rings is 1. The number of carbonyl (C=O) groups excluding carboxylic acids is 1. The van der Waals surface area contributed by atoms with Crippen LogP contribution in [-0.2, 0) is 23.9 Å². The smallest absolute Gasteiger partial charge is 0.416 e. The van der Waals surface area contributed by atoms with Gasteiger partial charge in [0.25, 0.3) is 0 Å². The number of hydrogen-bond donors (Lipinski definition) is 0. The van der Waals surface area contributed by atoms with Crippen molar-refractivity contribution >= 4 is 17.6 Å². The molecule has 8 heteroatoms. The van der Waals surface area contributed by atoms with E-state index in [9.17, 15) is 18.0 Å². The fraction of sp³-hybridized carbons (Fsp3) is 0.294. The molecule has 0 bridgehead atoms. The van der Waals surface area contributed by atoms with Gasteiger partial charge in [0.05, 0.1) is 23.4 Å². The van der Waals surface area contributed by atoms with Crippen LogP contribution in [0.4, 0.5) is 13.2 Å². The first kappa shape index (κ1) is 19.1. The molecule has 0 saturated carbocycles. The highest BCUT2D eigenvalue weighted by Crippen LogP contribution is 2.34. The van der Waals surface area contributed by atoms with Crippen LogP contribution in [0, 0.1) is 0 Å². The fourth-order valence-corrected chi connectivity index (χ4v) is 2.32. The Bertz CT molecular complexity index is 778. The molecule has 1 aromatic heterocycles. The summed E-state index contributed by atoms with van der Waals surface area (Å²) in [7, 11) is 1.25. The quantitative estimate of drug-likeness (QED) is 0.714. The Morgan fingerprint density at radius 1 is 1.24 bits per heavy atom. The SMILES string of the molecule is CCc1cc(COc2ccc(C(F)(F)F)cc2Cl)nc(C(=O)OC)c1. The zero-order valence-electron chi connectivity index (χ0n) is 13.5. The van der Waals surface area contributed by atoms with Gasteiger partial charge in [0, 0.05) is 0 Å². The van der Waals surface area contributed by atoms with Crippen LogP contribution in [0.5, 0.6) is 5.75 Å². The lowest BCUT2D eigenvalue weighted by Crippen LogP contribution is -2.09. The van der Waals surface area contributed by atoms with E-state index in [0.717, 1.165) is 23.8 Å². The Morgan fingerprint density at radius 3 is 2.52 bits per heavy atom. The Balaban J connectivity index is 2.20. The summed E-state index contributed by atoms with van der Waals surface area (Å²) in [4.78, 5) is 15.8. The number of hydrogen-bond acceptors (Lipinski definition) is 4. The predicted molar refractivity (Wildman–Crippen MR) is 85.7 cm³/mol. The number of pyridine rings is 1. The molecule has 0 radical (unpaired) electrons. The molecular formula is C17H15ClF3NO3. The number of methoxy groups -OCH3 is 1. The van der Waals surface area contributed by atoms with Crippen LogP contribution in [0.1, 0.15) is 34.2 Å². The molecular weight excluding hydrogens is 359 g/mol. The van der Waals surface area contributed by atoms with Crippen molar-refractivity contribution in [3.63, 3.8) is 0 Å². The summed E-state index contributed by atoms with van der Waals surface area (Å²) in [5.74, 6) is -0.484. The van der Waals surface area contributed by atoms with E-state index < -0.39 is 17.7 Å². The van der Waals surface area contributed by atoms with E-state index in [1.807, 2.05) is 6.92 Å². The molecule has 0 saturated heterocycles. The van der Waals surface area contributed by atoms with Gasteiger partial charge in [-0.05, 0) is 42.3 Å². The third-order valence-electron chi connectivity index (χ3n) is 3.38. The lowest BCUT2D eigenvalue weighted by molar-refractivity contribution is -0.137. The summed E-state index contributed by atoms with van der Waals surface area (Å²) in [5, 5.41) is -0.158. The minimum Gasteiger partial charge on any atom is -0.486 e. The summed E-state index contributed by atoms with van der Waals surface area (Å²) in [5.41, 5.74) is 0.575. The number of nitrogens with zero attached hydrogens (tertiary/aromatic N) is 1. The number of carbonyl (C=O) groups is 1. The first-order valence-corrected chi connectivity index (χ1v) is 7.70. The number of alkyl halides is 3. The number of aromatic nitrogens is 1. The van der Waals surface area contributed by atoms with Gasteiger partial charge in [0.2, 0.25) is 0 Å². The van der Waals surface area contributed by atoms with Crippen molar-refractivity contribution in [2.75, 3.05) is 7.11 Å². The highest BCUT2D eigenvalue weighted by molar-refractivity contribution is 6.32.